The van der Waals surface area contributed by atoms with Crippen molar-refractivity contribution in [2.75, 3.05) is 11.9 Å². The number of halogens is 1. The van der Waals surface area contributed by atoms with Crippen LogP contribution >= 0.6 is 0 Å². The lowest BCUT2D eigenvalue weighted by atomic mass is 10.2. The van der Waals surface area contributed by atoms with Crippen molar-refractivity contribution in [3.63, 3.8) is 0 Å². The lowest BCUT2D eigenvalue weighted by Crippen LogP contribution is -2.06. The molecule has 0 aliphatic heterocycles. The molecule has 0 amide bonds. The van der Waals surface area contributed by atoms with E-state index in [2.05, 4.69) is 15.3 Å². The van der Waals surface area contributed by atoms with Gasteiger partial charge in [0, 0.05) is 6.54 Å². The number of aryl methyl sites for hydroxylation is 2. The van der Waals surface area contributed by atoms with Crippen molar-refractivity contribution in [2.24, 2.45) is 0 Å². The highest BCUT2D eigenvalue weighted by atomic mass is 19.1. The third-order valence-electron chi connectivity index (χ3n) is 2.90. The topological polar surface area (TPSA) is 47.0 Å². The molecule has 0 aliphatic rings. The van der Waals surface area contributed by atoms with E-state index in [0.717, 1.165) is 17.9 Å². The van der Waals surface area contributed by atoms with Gasteiger partial charge >= 0.3 is 0 Å². The van der Waals surface area contributed by atoms with E-state index in [1.807, 2.05) is 20.8 Å². The summed E-state index contributed by atoms with van der Waals surface area (Å²) in [5.41, 5.74) is 1.37. The number of aromatic nitrogens is 2. The highest BCUT2D eigenvalue weighted by Gasteiger charge is 2.11. The summed E-state index contributed by atoms with van der Waals surface area (Å²) in [6, 6.07) is 4.63. The van der Waals surface area contributed by atoms with E-state index in [1.165, 1.54) is 6.07 Å². The van der Waals surface area contributed by atoms with Crippen molar-refractivity contribution in [2.45, 2.75) is 27.7 Å². The molecule has 0 atom stereocenters. The lowest BCUT2D eigenvalue weighted by Gasteiger charge is -2.13. The smallest absolute Gasteiger partial charge is 0.227 e. The molecule has 0 fully saturated rings. The first-order chi connectivity index (χ1) is 9.51. The van der Waals surface area contributed by atoms with Gasteiger partial charge in [-0.25, -0.2) is 9.37 Å². The molecule has 2 aromatic rings. The second-order valence-electron chi connectivity index (χ2n) is 4.59. The zero-order valence-corrected chi connectivity index (χ0v) is 12.1. The molecule has 4 nitrogen and oxygen atoms in total. The molecular weight excluding hydrogens is 257 g/mol. The van der Waals surface area contributed by atoms with Gasteiger partial charge in [-0.3, -0.25) is 0 Å². The van der Waals surface area contributed by atoms with Gasteiger partial charge in [0.1, 0.15) is 23.2 Å². The van der Waals surface area contributed by atoms with Crippen LogP contribution in [0.1, 0.15) is 23.9 Å². The minimum Gasteiger partial charge on any atom is -0.439 e. The van der Waals surface area contributed by atoms with Gasteiger partial charge in [0.2, 0.25) is 5.88 Å². The lowest BCUT2D eigenvalue weighted by molar-refractivity contribution is 0.454. The minimum absolute atomic E-state index is 0.249. The molecule has 5 heteroatoms. The molecule has 0 saturated carbocycles. The first kappa shape index (κ1) is 14.2. The van der Waals surface area contributed by atoms with Crippen LogP contribution in [0.3, 0.4) is 0 Å². The van der Waals surface area contributed by atoms with E-state index in [-0.39, 0.29) is 5.82 Å². The number of ether oxygens (including phenoxy) is 1. The fourth-order valence-electron chi connectivity index (χ4n) is 1.83. The van der Waals surface area contributed by atoms with Gasteiger partial charge in [0.25, 0.3) is 0 Å². The van der Waals surface area contributed by atoms with Gasteiger partial charge < -0.3 is 10.1 Å². The van der Waals surface area contributed by atoms with Crippen LogP contribution in [-0.2, 0) is 0 Å². The fraction of sp³-hybridized carbons (Fsp3) is 0.333. The van der Waals surface area contributed by atoms with Gasteiger partial charge in [0.15, 0.2) is 0 Å². The van der Waals surface area contributed by atoms with Gasteiger partial charge in [-0.15, -0.1) is 0 Å². The van der Waals surface area contributed by atoms with Crippen molar-refractivity contribution in [1.29, 1.82) is 0 Å². The molecule has 1 N–H and O–H groups in total. The molecule has 0 radical (unpaired) electrons. The number of nitrogens with zero attached hydrogens (tertiary/aromatic N) is 2. The highest BCUT2D eigenvalue weighted by molar-refractivity contribution is 5.49. The molecule has 0 saturated heterocycles. The first-order valence-electron chi connectivity index (χ1n) is 6.54. The summed E-state index contributed by atoms with van der Waals surface area (Å²) < 4.78 is 19.0. The molecule has 1 heterocycles. The number of benzene rings is 1. The Hall–Kier alpha value is -2.17. The van der Waals surface area contributed by atoms with E-state index in [0.29, 0.717) is 23.0 Å². The Kier molecular flexibility index (Phi) is 4.17. The fourth-order valence-corrected chi connectivity index (χ4v) is 1.83. The number of anilines is 1. The van der Waals surface area contributed by atoms with Crippen LogP contribution in [0.15, 0.2) is 18.2 Å². The highest BCUT2D eigenvalue weighted by Crippen LogP contribution is 2.27. The first-order valence-corrected chi connectivity index (χ1v) is 6.54. The molecule has 1 aromatic heterocycles. The maximum absolute atomic E-state index is 13.3. The predicted octanol–water partition coefficient (Wildman–Crippen LogP) is 3.77. The van der Waals surface area contributed by atoms with Gasteiger partial charge in [0.05, 0.1) is 5.56 Å². The summed E-state index contributed by atoms with van der Waals surface area (Å²) in [4.78, 5) is 8.63. The van der Waals surface area contributed by atoms with Crippen molar-refractivity contribution < 1.29 is 9.13 Å². The van der Waals surface area contributed by atoms with E-state index < -0.39 is 0 Å². The molecule has 0 spiro atoms. The zero-order valence-electron chi connectivity index (χ0n) is 12.1. The summed E-state index contributed by atoms with van der Waals surface area (Å²) >= 11 is 0. The number of rotatable bonds is 4. The van der Waals surface area contributed by atoms with Gasteiger partial charge in [-0.2, -0.15) is 4.98 Å². The molecule has 2 rings (SSSR count). The molecule has 1 aromatic carbocycles. The maximum atomic E-state index is 13.3. The number of hydrogen-bond donors (Lipinski definition) is 1. The molecule has 20 heavy (non-hydrogen) atoms. The number of hydrogen-bond acceptors (Lipinski definition) is 4. The Morgan fingerprint density at radius 2 is 1.95 bits per heavy atom. The summed E-state index contributed by atoms with van der Waals surface area (Å²) in [6.07, 6.45) is 0. The number of nitrogens with one attached hydrogen (secondary N) is 1. The van der Waals surface area contributed by atoms with E-state index in [4.69, 9.17) is 4.74 Å². The summed E-state index contributed by atoms with van der Waals surface area (Å²) in [5, 5.41) is 3.17. The predicted molar refractivity (Wildman–Crippen MR) is 76.9 cm³/mol. The Morgan fingerprint density at radius 1 is 1.20 bits per heavy atom. The minimum atomic E-state index is -0.249. The van der Waals surface area contributed by atoms with Crippen LogP contribution < -0.4 is 10.1 Å². The second-order valence-corrected chi connectivity index (χ2v) is 4.59. The molecular formula is C15H18FN3O. The molecule has 0 bridgehead atoms. The largest absolute Gasteiger partial charge is 0.439 e. The van der Waals surface area contributed by atoms with Gasteiger partial charge in [-0.1, -0.05) is 0 Å². The standard InChI is InChI=1S/C15H18FN3O/c1-5-17-14-10(3)15(19-11(4)18-14)20-12-6-7-13(16)9(2)8-12/h6-8H,5H2,1-4H3,(H,17,18,19). The quantitative estimate of drug-likeness (QED) is 0.922. The van der Waals surface area contributed by atoms with E-state index in [1.54, 1.807) is 19.1 Å². The van der Waals surface area contributed by atoms with Crippen LogP contribution in [0, 0.1) is 26.6 Å². The monoisotopic (exact) mass is 275 g/mol. The third-order valence-corrected chi connectivity index (χ3v) is 2.90. The normalized spacial score (nSPS) is 10.4. The van der Waals surface area contributed by atoms with E-state index in [9.17, 15) is 4.39 Å². The Bertz CT molecular complexity index is 629. The van der Waals surface area contributed by atoms with Crippen LogP contribution in [0.4, 0.5) is 10.2 Å². The summed E-state index contributed by atoms with van der Waals surface area (Å²) in [5.74, 6) is 2.18. The summed E-state index contributed by atoms with van der Waals surface area (Å²) in [6.45, 7) is 8.17. The van der Waals surface area contributed by atoms with Gasteiger partial charge in [-0.05, 0) is 51.5 Å². The van der Waals surface area contributed by atoms with Crippen LogP contribution in [0.25, 0.3) is 0 Å². The van der Waals surface area contributed by atoms with Crippen molar-refractivity contribution in [3.8, 4) is 11.6 Å². The van der Waals surface area contributed by atoms with Crippen molar-refractivity contribution in [3.05, 3.63) is 41.0 Å². The van der Waals surface area contributed by atoms with E-state index >= 15 is 0 Å². The maximum Gasteiger partial charge on any atom is 0.227 e. The molecule has 0 unspecified atom stereocenters. The summed E-state index contributed by atoms with van der Waals surface area (Å²) in [7, 11) is 0. The van der Waals surface area contributed by atoms with Crippen molar-refractivity contribution in [1.82, 2.24) is 9.97 Å². The third kappa shape index (κ3) is 3.04. The van der Waals surface area contributed by atoms with Crippen molar-refractivity contribution >= 4 is 5.82 Å². The molecule has 0 aliphatic carbocycles. The Balaban J connectivity index is 2.35. The Morgan fingerprint density at radius 3 is 2.60 bits per heavy atom. The SMILES string of the molecule is CCNc1nc(C)nc(Oc2ccc(F)c(C)c2)c1C. The zero-order chi connectivity index (χ0) is 14.7. The second kappa shape index (κ2) is 5.86. The van der Waals surface area contributed by atoms with Crippen LogP contribution in [0.2, 0.25) is 0 Å². The average Bonchev–Trinajstić information content (AvgIpc) is 2.39. The van der Waals surface area contributed by atoms with Crippen LogP contribution in [0.5, 0.6) is 11.6 Å². The Labute approximate surface area is 118 Å². The molecule has 106 valence electrons. The average molecular weight is 275 g/mol. The van der Waals surface area contributed by atoms with Crippen LogP contribution in [-0.4, -0.2) is 16.5 Å².